The van der Waals surface area contributed by atoms with Gasteiger partial charge in [0.2, 0.25) is 0 Å². The van der Waals surface area contributed by atoms with Crippen LogP contribution in [0.25, 0.3) is 0 Å². The first-order chi connectivity index (χ1) is 11.1. The smallest absolute Gasteiger partial charge is 0.278 e. The first kappa shape index (κ1) is 15.5. The third-order valence-electron chi connectivity index (χ3n) is 4.43. The summed E-state index contributed by atoms with van der Waals surface area (Å²) in [4.78, 5) is 16.3. The first-order valence-corrected chi connectivity index (χ1v) is 8.07. The van der Waals surface area contributed by atoms with E-state index in [2.05, 4.69) is 22.0 Å². The first-order valence-electron chi connectivity index (χ1n) is 8.07. The largest absolute Gasteiger partial charge is 0.355 e. The Hall–Kier alpha value is -2.43. The topological polar surface area (TPSA) is 49.3 Å². The highest BCUT2D eigenvalue weighted by atomic mass is 16.2. The molecule has 0 radical (unpaired) electrons. The molecule has 0 unspecified atom stereocenters. The number of rotatable bonds is 3. The molecular formula is C18H22N4O. The van der Waals surface area contributed by atoms with E-state index < -0.39 is 0 Å². The average Bonchev–Trinajstić information content (AvgIpc) is 2.62. The maximum atomic E-state index is 12.5. The molecule has 2 heterocycles. The molecule has 0 atom stereocenters. The van der Waals surface area contributed by atoms with Crippen molar-refractivity contribution in [2.75, 3.05) is 29.9 Å². The van der Waals surface area contributed by atoms with E-state index in [0.29, 0.717) is 5.69 Å². The van der Waals surface area contributed by atoms with Crippen molar-refractivity contribution in [1.82, 2.24) is 10.2 Å². The second kappa shape index (κ2) is 6.77. The van der Waals surface area contributed by atoms with Gasteiger partial charge in [-0.15, -0.1) is 10.2 Å². The van der Waals surface area contributed by atoms with E-state index in [4.69, 9.17) is 0 Å². The molecule has 3 rings (SSSR count). The summed E-state index contributed by atoms with van der Waals surface area (Å²) in [6.07, 6.45) is 2.36. The second-order valence-corrected chi connectivity index (χ2v) is 6.15. The van der Waals surface area contributed by atoms with Gasteiger partial charge < -0.3 is 9.80 Å². The molecule has 0 aliphatic carbocycles. The van der Waals surface area contributed by atoms with Crippen molar-refractivity contribution in [2.45, 2.75) is 19.8 Å². The summed E-state index contributed by atoms with van der Waals surface area (Å²) in [5, 5.41) is 8.39. The average molecular weight is 310 g/mol. The summed E-state index contributed by atoms with van der Waals surface area (Å²) in [6.45, 7) is 4.30. The normalized spacial score (nSPS) is 15.5. The standard InChI is InChI=1S/C18H22N4O/c1-14-10-12-22(13-11-14)17-9-8-16(19-20-17)18(23)21(2)15-6-4-3-5-7-15/h3-9,14H,10-13H2,1-2H3. The quantitative estimate of drug-likeness (QED) is 0.874. The summed E-state index contributed by atoms with van der Waals surface area (Å²) in [5.41, 5.74) is 1.21. The van der Waals surface area contributed by atoms with Gasteiger partial charge in [0.1, 0.15) is 0 Å². The Kier molecular flexibility index (Phi) is 4.55. The number of carbonyl (C=O) groups excluding carboxylic acids is 1. The molecule has 1 aliphatic heterocycles. The van der Waals surface area contributed by atoms with Crippen LogP contribution in [0.2, 0.25) is 0 Å². The van der Waals surface area contributed by atoms with Gasteiger partial charge in [-0.05, 0) is 43.0 Å². The van der Waals surface area contributed by atoms with Crippen molar-refractivity contribution in [3.63, 3.8) is 0 Å². The van der Waals surface area contributed by atoms with Gasteiger partial charge in [0, 0.05) is 25.8 Å². The SMILES string of the molecule is CC1CCN(c2ccc(C(=O)N(C)c3ccccc3)nn2)CC1. The summed E-state index contributed by atoms with van der Waals surface area (Å²) < 4.78 is 0. The molecule has 5 heteroatoms. The van der Waals surface area contributed by atoms with E-state index in [1.165, 1.54) is 12.8 Å². The highest BCUT2D eigenvalue weighted by molar-refractivity contribution is 6.04. The van der Waals surface area contributed by atoms with Crippen molar-refractivity contribution in [3.8, 4) is 0 Å². The maximum absolute atomic E-state index is 12.5. The van der Waals surface area contributed by atoms with E-state index in [0.717, 1.165) is 30.5 Å². The number of hydrogen-bond acceptors (Lipinski definition) is 4. The maximum Gasteiger partial charge on any atom is 0.278 e. The molecule has 0 bridgehead atoms. The molecule has 1 amide bonds. The van der Waals surface area contributed by atoms with Crippen LogP contribution in [-0.2, 0) is 0 Å². The number of piperidine rings is 1. The van der Waals surface area contributed by atoms with Crippen LogP contribution in [0, 0.1) is 5.92 Å². The highest BCUT2D eigenvalue weighted by Crippen LogP contribution is 2.21. The molecule has 1 aliphatic rings. The lowest BCUT2D eigenvalue weighted by Crippen LogP contribution is -2.34. The minimum absolute atomic E-state index is 0.150. The molecule has 0 saturated carbocycles. The summed E-state index contributed by atoms with van der Waals surface area (Å²) in [5.74, 6) is 1.48. The predicted octanol–water partition coefficient (Wildman–Crippen LogP) is 2.99. The molecule has 120 valence electrons. The van der Waals surface area contributed by atoms with Crippen molar-refractivity contribution in [2.24, 2.45) is 5.92 Å². The number of amides is 1. The van der Waals surface area contributed by atoms with Crippen LogP contribution in [0.3, 0.4) is 0 Å². The second-order valence-electron chi connectivity index (χ2n) is 6.15. The molecule has 1 fully saturated rings. The van der Waals surface area contributed by atoms with E-state index in [9.17, 15) is 4.79 Å². The lowest BCUT2D eigenvalue weighted by Gasteiger charge is -2.30. The molecule has 1 aromatic carbocycles. The zero-order valence-corrected chi connectivity index (χ0v) is 13.6. The van der Waals surface area contributed by atoms with E-state index >= 15 is 0 Å². The predicted molar refractivity (Wildman–Crippen MR) is 91.8 cm³/mol. The summed E-state index contributed by atoms with van der Waals surface area (Å²) in [6, 6.07) is 13.2. The zero-order valence-electron chi connectivity index (χ0n) is 13.6. The summed E-state index contributed by atoms with van der Waals surface area (Å²) >= 11 is 0. The third kappa shape index (κ3) is 3.50. The van der Waals surface area contributed by atoms with Gasteiger partial charge in [-0.25, -0.2) is 0 Å². The van der Waals surface area contributed by atoms with Crippen molar-refractivity contribution in [1.29, 1.82) is 0 Å². The Morgan fingerprint density at radius 2 is 1.78 bits per heavy atom. The number of anilines is 2. The Bertz CT molecular complexity index is 648. The van der Waals surface area contributed by atoms with Gasteiger partial charge >= 0.3 is 0 Å². The minimum Gasteiger partial charge on any atom is -0.355 e. The fourth-order valence-electron chi connectivity index (χ4n) is 2.79. The number of nitrogens with zero attached hydrogens (tertiary/aromatic N) is 4. The van der Waals surface area contributed by atoms with Gasteiger partial charge in [0.25, 0.3) is 5.91 Å². The number of benzene rings is 1. The van der Waals surface area contributed by atoms with E-state index in [1.54, 1.807) is 18.0 Å². The van der Waals surface area contributed by atoms with Gasteiger partial charge in [-0.1, -0.05) is 25.1 Å². The summed E-state index contributed by atoms with van der Waals surface area (Å²) in [7, 11) is 1.75. The van der Waals surface area contributed by atoms with Crippen molar-refractivity contribution >= 4 is 17.4 Å². The van der Waals surface area contributed by atoms with Crippen LogP contribution >= 0.6 is 0 Å². The Labute approximate surface area is 136 Å². The Morgan fingerprint density at radius 3 is 2.39 bits per heavy atom. The van der Waals surface area contributed by atoms with Gasteiger partial charge in [0.05, 0.1) is 0 Å². The molecule has 1 aromatic heterocycles. The molecule has 1 saturated heterocycles. The monoisotopic (exact) mass is 310 g/mol. The van der Waals surface area contributed by atoms with Gasteiger partial charge in [-0.3, -0.25) is 4.79 Å². The van der Waals surface area contributed by atoms with Crippen molar-refractivity contribution in [3.05, 3.63) is 48.2 Å². The lowest BCUT2D eigenvalue weighted by atomic mass is 9.99. The number of aromatic nitrogens is 2. The third-order valence-corrected chi connectivity index (χ3v) is 4.43. The number of carbonyl (C=O) groups is 1. The molecule has 5 nitrogen and oxygen atoms in total. The fourth-order valence-corrected chi connectivity index (χ4v) is 2.79. The highest BCUT2D eigenvalue weighted by Gasteiger charge is 2.19. The molecular weight excluding hydrogens is 288 g/mol. The number of hydrogen-bond donors (Lipinski definition) is 0. The van der Waals surface area contributed by atoms with Crippen LogP contribution in [0.1, 0.15) is 30.3 Å². The van der Waals surface area contributed by atoms with E-state index in [-0.39, 0.29) is 5.91 Å². The van der Waals surface area contributed by atoms with Gasteiger partial charge in [-0.2, -0.15) is 0 Å². The Balaban J connectivity index is 1.70. The molecule has 0 N–H and O–H groups in total. The molecule has 0 spiro atoms. The zero-order chi connectivity index (χ0) is 16.2. The van der Waals surface area contributed by atoms with Crippen LogP contribution in [0.4, 0.5) is 11.5 Å². The van der Waals surface area contributed by atoms with Gasteiger partial charge in [0.15, 0.2) is 11.5 Å². The minimum atomic E-state index is -0.150. The van der Waals surface area contributed by atoms with Crippen LogP contribution < -0.4 is 9.80 Å². The van der Waals surface area contributed by atoms with Crippen LogP contribution in [0.5, 0.6) is 0 Å². The molecule has 23 heavy (non-hydrogen) atoms. The lowest BCUT2D eigenvalue weighted by molar-refractivity contribution is 0.0987. The fraction of sp³-hybridized carbons (Fsp3) is 0.389. The molecule has 2 aromatic rings. The van der Waals surface area contributed by atoms with E-state index in [1.807, 2.05) is 36.4 Å². The van der Waals surface area contributed by atoms with Crippen LogP contribution in [0.15, 0.2) is 42.5 Å². The van der Waals surface area contributed by atoms with Crippen LogP contribution in [-0.4, -0.2) is 36.2 Å². The number of para-hydroxylation sites is 1. The Morgan fingerprint density at radius 1 is 1.09 bits per heavy atom. The van der Waals surface area contributed by atoms with Crippen molar-refractivity contribution < 1.29 is 4.79 Å².